The Bertz CT molecular complexity index is 1340. The summed E-state index contributed by atoms with van der Waals surface area (Å²) in [6.07, 6.45) is 16.5. The SMILES string of the molecule is C#CCCC(NC(=O)C1C(C)C([I-]C)CN1C(O)[C@@H](NC(=O)NC1(C/S(=C/C)C(C)(C)C)CCCCC1)C1(C)CCCCC1)C(=O)C(=O)NC1CC1. The summed E-state index contributed by atoms with van der Waals surface area (Å²) in [5.41, 5.74) is -0.695. The zero-order valence-electron chi connectivity index (χ0n) is 32.8. The first-order valence-corrected chi connectivity index (χ1v) is 24.5. The molecule has 6 unspecified atom stereocenters. The zero-order valence-corrected chi connectivity index (χ0v) is 35.8. The standard InChI is InChI=1S/C40H67IN5O5S/c1-9-11-18-30(32(47)35(49)42-28-19-20-28)43-34(48)31-27(3)29(41-8)25-46(31)36(50)33(39(7)21-14-12-15-22-39)44-37(51)45-40(23-16-13-17-24-40)26-52(10-2)38(4,5)6/h1,10,27-31,33,36,50H,11-26H2,2-8H3,(H,42,49)(H,43,48)(H2,44,45,51)/q-1/t27?,29?,30?,31?,33-,36?,52?/m1/s1. The van der Waals surface area contributed by atoms with E-state index >= 15 is 0 Å². The molecular formula is C40H67IN5O5S-. The van der Waals surface area contributed by atoms with Crippen LogP contribution in [0.5, 0.6) is 0 Å². The molecule has 296 valence electrons. The van der Waals surface area contributed by atoms with Gasteiger partial charge in [-0.25, -0.2) is 0 Å². The van der Waals surface area contributed by atoms with Crippen LogP contribution in [0, 0.1) is 23.7 Å². The number of nitrogens with one attached hydrogen (secondary N) is 4. The van der Waals surface area contributed by atoms with Crippen LogP contribution in [0.1, 0.15) is 131 Å². The number of aliphatic hydroxyl groups excluding tert-OH is 1. The van der Waals surface area contributed by atoms with Crippen molar-refractivity contribution in [3.8, 4) is 12.3 Å². The molecule has 7 atom stereocenters. The van der Waals surface area contributed by atoms with E-state index in [0.29, 0.717) is 6.54 Å². The Labute approximate surface area is 326 Å². The second kappa shape index (κ2) is 18.8. The average molecular weight is 857 g/mol. The molecule has 4 rings (SSSR count). The number of aliphatic hydroxyl groups is 1. The van der Waals surface area contributed by atoms with Gasteiger partial charge in [-0.3, -0.25) is 0 Å². The van der Waals surface area contributed by atoms with Crippen LogP contribution in [0.3, 0.4) is 0 Å². The number of rotatable bonds is 15. The molecule has 1 heterocycles. The first-order chi connectivity index (χ1) is 24.6. The van der Waals surface area contributed by atoms with Crippen molar-refractivity contribution in [1.29, 1.82) is 0 Å². The zero-order chi connectivity index (χ0) is 38.3. The van der Waals surface area contributed by atoms with Crippen molar-refractivity contribution in [1.82, 2.24) is 26.2 Å². The monoisotopic (exact) mass is 856 g/mol. The Kier molecular flexibility index (Phi) is 15.5. The normalized spacial score (nSPS) is 27.1. The number of hydrogen-bond acceptors (Lipinski definition) is 6. The minimum absolute atomic E-state index is 0.00223. The van der Waals surface area contributed by atoms with Crippen molar-refractivity contribution >= 4 is 39.5 Å². The number of nitrogens with zero attached hydrogens (tertiary/aromatic N) is 1. The maximum atomic E-state index is 14.3. The summed E-state index contributed by atoms with van der Waals surface area (Å²) >= 11 is -0.297. The summed E-state index contributed by atoms with van der Waals surface area (Å²) in [6, 6.07) is -2.64. The fraction of sp³-hybridized carbons (Fsp3) is 0.825. The predicted octanol–water partition coefficient (Wildman–Crippen LogP) is 1.69. The van der Waals surface area contributed by atoms with Crippen LogP contribution in [0.2, 0.25) is 0 Å². The second-order valence-electron chi connectivity index (χ2n) is 17.1. The van der Waals surface area contributed by atoms with Crippen LogP contribution in [-0.2, 0) is 14.4 Å². The molecule has 4 amide bonds. The molecule has 1 saturated heterocycles. The van der Waals surface area contributed by atoms with Gasteiger partial charge in [0.25, 0.3) is 0 Å². The number of likely N-dealkylation sites (tertiary alicyclic amines) is 1. The molecule has 1 aliphatic heterocycles. The predicted molar refractivity (Wildman–Crippen MR) is 208 cm³/mol. The van der Waals surface area contributed by atoms with Gasteiger partial charge >= 0.3 is 300 Å². The molecule has 0 aromatic heterocycles. The third kappa shape index (κ3) is 11.0. The van der Waals surface area contributed by atoms with Crippen molar-refractivity contribution in [3.63, 3.8) is 0 Å². The summed E-state index contributed by atoms with van der Waals surface area (Å²) in [5.74, 6) is 1.58. The van der Waals surface area contributed by atoms with E-state index in [4.69, 9.17) is 6.42 Å². The molecule has 4 aliphatic rings. The Hall–Kier alpha value is -1.69. The molecule has 3 aliphatic carbocycles. The van der Waals surface area contributed by atoms with Gasteiger partial charge in [0.1, 0.15) is 0 Å². The molecule has 0 bridgehead atoms. The maximum absolute atomic E-state index is 14.3. The molecule has 52 heavy (non-hydrogen) atoms. The van der Waals surface area contributed by atoms with Gasteiger partial charge < -0.3 is 0 Å². The van der Waals surface area contributed by atoms with Crippen molar-refractivity contribution in [2.45, 2.75) is 176 Å². The van der Waals surface area contributed by atoms with E-state index in [9.17, 15) is 24.3 Å². The van der Waals surface area contributed by atoms with Gasteiger partial charge in [0.05, 0.1) is 0 Å². The van der Waals surface area contributed by atoms with E-state index in [1.54, 1.807) is 0 Å². The van der Waals surface area contributed by atoms with Crippen molar-refractivity contribution < 1.29 is 45.5 Å². The van der Waals surface area contributed by atoms with E-state index < -0.39 is 36.0 Å². The summed E-state index contributed by atoms with van der Waals surface area (Å²) < 4.78 is 0.319. The molecule has 5 N–H and O–H groups in total. The fourth-order valence-corrected chi connectivity index (χ4v) is 13.3. The summed E-state index contributed by atoms with van der Waals surface area (Å²) in [5, 5.41) is 27.3. The second-order valence-corrected chi connectivity index (χ2v) is 22.8. The number of amides is 4. The topological polar surface area (TPSA) is 140 Å². The number of carbonyl (C=O) groups is 4. The van der Waals surface area contributed by atoms with Gasteiger partial charge in [-0.2, -0.15) is 0 Å². The Morgan fingerprint density at radius 2 is 1.65 bits per heavy atom. The number of terminal acetylenes is 1. The fourth-order valence-electron chi connectivity index (χ4n) is 8.68. The molecule has 3 saturated carbocycles. The number of urea groups is 1. The molecule has 0 aromatic carbocycles. The summed E-state index contributed by atoms with van der Waals surface area (Å²) in [4.78, 5) is 58.7. The summed E-state index contributed by atoms with van der Waals surface area (Å²) in [6.45, 7) is 13.7. The number of ketones is 1. The molecule has 12 heteroatoms. The Morgan fingerprint density at radius 1 is 1.04 bits per heavy atom. The quantitative estimate of drug-likeness (QED) is 0.0560. The molecule has 0 radical (unpaired) electrons. The molecule has 0 spiro atoms. The van der Waals surface area contributed by atoms with Crippen LogP contribution in [0.15, 0.2) is 0 Å². The van der Waals surface area contributed by atoms with Gasteiger partial charge in [-0.1, -0.05) is 20.8 Å². The number of halogens is 1. The van der Waals surface area contributed by atoms with Crippen LogP contribution < -0.4 is 42.5 Å². The Morgan fingerprint density at radius 3 is 2.19 bits per heavy atom. The van der Waals surface area contributed by atoms with Gasteiger partial charge in [0, 0.05) is 0 Å². The molecular weight excluding hydrogens is 789 g/mol. The van der Waals surface area contributed by atoms with E-state index in [1.807, 2.05) is 11.8 Å². The number of alkyl halides is 2. The number of carbonyl (C=O) groups excluding carboxylic acids is 4. The van der Waals surface area contributed by atoms with Crippen LogP contribution in [0.4, 0.5) is 4.79 Å². The van der Waals surface area contributed by atoms with E-state index in [0.717, 1.165) is 76.4 Å². The third-order valence-electron chi connectivity index (χ3n) is 12.1. The third-order valence-corrected chi connectivity index (χ3v) is 18.2. The van der Waals surface area contributed by atoms with E-state index in [1.165, 1.54) is 6.42 Å². The van der Waals surface area contributed by atoms with E-state index in [-0.39, 0.29) is 88.1 Å². The van der Waals surface area contributed by atoms with Crippen LogP contribution in [0.25, 0.3) is 0 Å². The molecule has 0 aromatic rings. The van der Waals surface area contributed by atoms with Gasteiger partial charge in [-0.15, -0.1) is 0 Å². The Balaban J connectivity index is 1.60. The van der Waals surface area contributed by atoms with Crippen LogP contribution in [-0.4, -0.2) is 101 Å². The number of hydrogen-bond donors (Lipinski definition) is 5. The first kappa shape index (κ1) is 43.0. The van der Waals surface area contributed by atoms with Gasteiger partial charge in [-0.05, 0) is 6.92 Å². The van der Waals surface area contributed by atoms with Gasteiger partial charge in [0.2, 0.25) is 0 Å². The molecule has 4 fully saturated rings. The van der Waals surface area contributed by atoms with Crippen molar-refractivity contribution in [2.75, 3.05) is 17.2 Å². The minimum atomic E-state index is -1.12. The number of Topliss-reactive ketones (excluding diaryl/α,β-unsaturated/α-hetero) is 1. The van der Waals surface area contributed by atoms with Crippen molar-refractivity contribution in [3.05, 3.63) is 0 Å². The average Bonchev–Trinajstić information content (AvgIpc) is 3.86. The first-order valence-electron chi connectivity index (χ1n) is 19.7. The van der Waals surface area contributed by atoms with Crippen LogP contribution >= 0.6 is 10.5 Å². The van der Waals surface area contributed by atoms with Crippen molar-refractivity contribution in [2.24, 2.45) is 11.3 Å². The summed E-state index contributed by atoms with van der Waals surface area (Å²) in [7, 11) is 0.00223. The van der Waals surface area contributed by atoms with E-state index in [2.05, 4.69) is 72.1 Å². The molecule has 10 nitrogen and oxygen atoms in total. The van der Waals surface area contributed by atoms with Gasteiger partial charge in [0.15, 0.2) is 0 Å².